The number of rotatable bonds is 1. The molecule has 3 aromatic carbocycles. The Morgan fingerprint density at radius 2 is 1.44 bits per heavy atom. The summed E-state index contributed by atoms with van der Waals surface area (Å²) in [5.41, 5.74) is 2.69. The van der Waals surface area contributed by atoms with E-state index < -0.39 is 29.5 Å². The van der Waals surface area contributed by atoms with Gasteiger partial charge >= 0.3 is 12.4 Å². The lowest BCUT2D eigenvalue weighted by Crippen LogP contribution is -2.53. The predicted molar refractivity (Wildman–Crippen MR) is 160 cm³/mol. The molecule has 226 valence electrons. The van der Waals surface area contributed by atoms with Crippen LogP contribution in [0.2, 0.25) is 0 Å². The zero-order valence-electron chi connectivity index (χ0n) is 24.3. The van der Waals surface area contributed by atoms with Gasteiger partial charge in [0, 0.05) is 29.3 Å². The molecule has 45 heavy (non-hydrogen) atoms. The Hall–Kier alpha value is -4.72. The van der Waals surface area contributed by atoms with Crippen LogP contribution >= 0.6 is 0 Å². The first-order chi connectivity index (χ1) is 21.4. The Morgan fingerprint density at radius 1 is 0.733 bits per heavy atom. The highest BCUT2D eigenvalue weighted by Gasteiger charge is 2.50. The summed E-state index contributed by atoms with van der Waals surface area (Å²) < 4.78 is 90.9. The van der Waals surface area contributed by atoms with Gasteiger partial charge in [0.15, 0.2) is 12.4 Å². The van der Waals surface area contributed by atoms with Gasteiger partial charge in [0.25, 0.3) is 0 Å². The maximum atomic E-state index is 14.8. The van der Waals surface area contributed by atoms with E-state index in [1.165, 1.54) is 6.07 Å². The van der Waals surface area contributed by atoms with Crippen molar-refractivity contribution in [3.63, 3.8) is 0 Å². The summed E-state index contributed by atoms with van der Waals surface area (Å²) in [4.78, 5) is 0. The van der Waals surface area contributed by atoms with Gasteiger partial charge in [0.05, 0.1) is 22.6 Å². The highest BCUT2D eigenvalue weighted by atomic mass is 19.4. The van der Waals surface area contributed by atoms with E-state index in [9.17, 15) is 26.3 Å². The van der Waals surface area contributed by atoms with E-state index in [0.717, 1.165) is 33.5 Å². The Bertz CT molecular complexity index is 1970. The zero-order valence-corrected chi connectivity index (χ0v) is 24.3. The van der Waals surface area contributed by atoms with Crippen molar-refractivity contribution in [2.45, 2.75) is 44.1 Å². The van der Waals surface area contributed by atoms with Crippen LogP contribution in [-0.4, -0.2) is 0 Å². The topological polar surface area (TPSA) is 7.76 Å². The molecule has 2 atom stereocenters. The first-order valence-corrected chi connectivity index (χ1v) is 14.7. The average molecular weight is 615 g/mol. The molecule has 2 unspecified atom stereocenters. The molecule has 0 saturated heterocycles. The monoisotopic (exact) mass is 614 g/mol. The molecule has 0 fully saturated rings. The number of pyridine rings is 2. The minimum Gasteiger partial charge on any atom is -0.184 e. The highest BCUT2D eigenvalue weighted by Crippen LogP contribution is 2.49. The van der Waals surface area contributed by atoms with E-state index >= 15 is 0 Å². The normalized spacial score (nSPS) is 17.5. The molecule has 2 aromatic heterocycles. The number of benzene rings is 3. The lowest BCUT2D eigenvalue weighted by molar-refractivity contribution is -0.727. The second-order valence-electron chi connectivity index (χ2n) is 11.7. The molecular formula is C37H28F6N2+2. The minimum atomic E-state index is -5.23. The molecule has 0 bridgehead atoms. The SMILES string of the molecule is C=C1C2C(CCc3c(ccc(C(F)(F)F)c3C(F)(F)F)-c3cc(-c4ccccc4)c(C)c[n+]31)c1ccccc1-c1cccc[n+]12. The molecule has 2 nitrogen and oxygen atoms in total. The van der Waals surface area contributed by atoms with Crippen molar-refractivity contribution < 1.29 is 35.5 Å². The average Bonchev–Trinajstić information content (AvgIpc) is 3.06. The van der Waals surface area contributed by atoms with E-state index in [0.29, 0.717) is 17.5 Å². The number of halogens is 6. The third-order valence-electron chi connectivity index (χ3n) is 9.11. The van der Waals surface area contributed by atoms with Crippen LogP contribution in [0.25, 0.3) is 39.3 Å². The van der Waals surface area contributed by atoms with Gasteiger partial charge in [0.2, 0.25) is 23.1 Å². The maximum absolute atomic E-state index is 14.8. The number of aromatic nitrogens is 2. The predicted octanol–water partition coefficient (Wildman–Crippen LogP) is 9.36. The van der Waals surface area contributed by atoms with Gasteiger partial charge in [-0.3, -0.25) is 0 Å². The summed E-state index contributed by atoms with van der Waals surface area (Å²) in [6.07, 6.45) is -6.67. The van der Waals surface area contributed by atoms with Crippen LogP contribution < -0.4 is 9.13 Å². The molecule has 2 aliphatic rings. The van der Waals surface area contributed by atoms with Crippen LogP contribution in [0.4, 0.5) is 26.3 Å². The highest BCUT2D eigenvalue weighted by molar-refractivity contribution is 5.75. The third-order valence-corrected chi connectivity index (χ3v) is 9.11. The molecule has 7 rings (SSSR count). The number of nitrogens with zero attached hydrogens (tertiary/aromatic N) is 2. The molecule has 4 heterocycles. The Balaban J connectivity index is 1.58. The summed E-state index contributed by atoms with van der Waals surface area (Å²) in [7, 11) is 0. The van der Waals surface area contributed by atoms with Crippen molar-refractivity contribution >= 4 is 5.70 Å². The van der Waals surface area contributed by atoms with Gasteiger partial charge in [-0.25, -0.2) is 0 Å². The van der Waals surface area contributed by atoms with Crippen LogP contribution in [0.15, 0.2) is 110 Å². The summed E-state index contributed by atoms with van der Waals surface area (Å²) in [5, 5.41) is 0. The maximum Gasteiger partial charge on any atom is 0.417 e. The van der Waals surface area contributed by atoms with E-state index in [-0.39, 0.29) is 29.9 Å². The molecule has 2 aliphatic heterocycles. The first kappa shape index (κ1) is 29.0. The van der Waals surface area contributed by atoms with Gasteiger partial charge in [-0.05, 0) is 72.9 Å². The number of hydrogen-bond donors (Lipinski definition) is 0. The fourth-order valence-corrected chi connectivity index (χ4v) is 7.23. The lowest BCUT2D eigenvalue weighted by atomic mass is 9.78. The summed E-state index contributed by atoms with van der Waals surface area (Å²) >= 11 is 0. The summed E-state index contributed by atoms with van der Waals surface area (Å²) in [6.45, 7) is 6.46. The van der Waals surface area contributed by atoms with Crippen LogP contribution in [0.5, 0.6) is 0 Å². The van der Waals surface area contributed by atoms with E-state index in [1.807, 2.05) is 92.1 Å². The van der Waals surface area contributed by atoms with E-state index in [2.05, 4.69) is 11.1 Å². The van der Waals surface area contributed by atoms with Gasteiger partial charge in [-0.1, -0.05) is 48.5 Å². The number of fused-ring (bicyclic) bond motifs is 9. The van der Waals surface area contributed by atoms with Crippen LogP contribution in [0.1, 0.15) is 46.2 Å². The molecule has 0 amide bonds. The molecular weight excluding hydrogens is 586 g/mol. The van der Waals surface area contributed by atoms with Gasteiger partial charge in [-0.2, -0.15) is 35.5 Å². The Morgan fingerprint density at radius 3 is 2.18 bits per heavy atom. The standard InChI is InChI=1S/C37H28F6N2/c1-22-21-45-23(2)35-29(25-12-6-7-13-26(25)32-14-8-9-19-44(32)35)16-15-28-27(33(45)20-30(22)24-10-4-3-5-11-24)17-18-31(36(38,39)40)34(28)37(41,42)43/h3-14,17-21,29,35H,2,15-16H2,1H3/q+2. The van der Waals surface area contributed by atoms with Gasteiger partial charge < -0.3 is 0 Å². The van der Waals surface area contributed by atoms with Crippen molar-refractivity contribution in [1.29, 1.82) is 0 Å². The van der Waals surface area contributed by atoms with Crippen LogP contribution in [0.3, 0.4) is 0 Å². The van der Waals surface area contributed by atoms with Gasteiger partial charge in [0.1, 0.15) is 0 Å². The molecule has 0 saturated carbocycles. The molecule has 0 radical (unpaired) electrons. The summed E-state index contributed by atoms with van der Waals surface area (Å²) in [5.74, 6) is -0.357. The van der Waals surface area contributed by atoms with Crippen molar-refractivity contribution in [3.8, 4) is 33.6 Å². The number of allylic oxidation sites excluding steroid dienone is 1. The molecule has 0 N–H and O–H groups in total. The second kappa shape index (κ2) is 10.4. The number of aryl methyl sites for hydroxylation is 1. The summed E-state index contributed by atoms with van der Waals surface area (Å²) in [6, 6.07) is 26.1. The molecule has 5 aromatic rings. The quantitative estimate of drug-likeness (QED) is 0.131. The van der Waals surface area contributed by atoms with Gasteiger partial charge in [-0.15, -0.1) is 0 Å². The Kier molecular flexibility index (Phi) is 6.73. The van der Waals surface area contributed by atoms with E-state index in [4.69, 9.17) is 0 Å². The van der Waals surface area contributed by atoms with Crippen molar-refractivity contribution in [1.82, 2.24) is 0 Å². The largest absolute Gasteiger partial charge is 0.417 e. The first-order valence-electron chi connectivity index (χ1n) is 14.7. The van der Waals surface area contributed by atoms with Crippen LogP contribution in [0, 0.1) is 6.92 Å². The second-order valence-corrected chi connectivity index (χ2v) is 11.7. The number of alkyl halides is 6. The fraction of sp³-hybridized carbons (Fsp3) is 0.189. The fourth-order valence-electron chi connectivity index (χ4n) is 7.23. The van der Waals surface area contributed by atoms with E-state index in [1.54, 1.807) is 10.6 Å². The smallest absolute Gasteiger partial charge is 0.184 e. The van der Waals surface area contributed by atoms with Crippen molar-refractivity contribution in [2.75, 3.05) is 0 Å². The number of hydrogen-bond acceptors (Lipinski definition) is 0. The molecule has 0 aliphatic carbocycles. The lowest BCUT2D eigenvalue weighted by Gasteiger charge is -2.29. The molecule has 0 spiro atoms. The third kappa shape index (κ3) is 4.74. The van der Waals surface area contributed by atoms with Crippen molar-refractivity contribution in [3.05, 3.63) is 138 Å². The zero-order chi connectivity index (χ0) is 31.7. The van der Waals surface area contributed by atoms with Crippen LogP contribution in [-0.2, 0) is 18.8 Å². The van der Waals surface area contributed by atoms with Crippen molar-refractivity contribution in [2.24, 2.45) is 0 Å². The minimum absolute atomic E-state index is 0.110. The Labute approximate surface area is 256 Å². The molecule has 8 heteroatoms.